The van der Waals surface area contributed by atoms with Gasteiger partial charge in [0.1, 0.15) is 0 Å². The molecule has 0 amide bonds. The first-order valence-corrected chi connectivity index (χ1v) is 3.44. The summed E-state index contributed by atoms with van der Waals surface area (Å²) in [5, 5.41) is 19.9. The van der Waals surface area contributed by atoms with E-state index in [0.29, 0.717) is 10.8 Å². The van der Waals surface area contributed by atoms with E-state index in [9.17, 15) is 5.21 Å². The van der Waals surface area contributed by atoms with Crippen LogP contribution in [0.1, 0.15) is 0 Å². The van der Waals surface area contributed by atoms with Crippen LogP contribution in [-0.2, 0) is 0 Å². The SMILES string of the molecule is [O-][n+]1nnc(-c2ccccc2)[nH]1. The van der Waals surface area contributed by atoms with E-state index in [1.54, 1.807) is 0 Å². The lowest BCUT2D eigenvalue weighted by molar-refractivity contribution is -0.725. The number of nitrogens with zero attached hydrogens (tertiary/aromatic N) is 3. The molecule has 0 saturated carbocycles. The van der Waals surface area contributed by atoms with E-state index in [1.165, 1.54) is 0 Å². The number of rotatable bonds is 1. The summed E-state index contributed by atoms with van der Waals surface area (Å²) in [5.74, 6) is 0.477. The molecular formula is C7H6N4O. The number of aromatic amines is 1. The molecule has 0 saturated heterocycles. The zero-order valence-corrected chi connectivity index (χ0v) is 6.14. The van der Waals surface area contributed by atoms with E-state index in [4.69, 9.17) is 0 Å². The quantitative estimate of drug-likeness (QED) is 0.477. The summed E-state index contributed by atoms with van der Waals surface area (Å²) >= 11 is 0. The monoisotopic (exact) mass is 162 g/mol. The van der Waals surface area contributed by atoms with Gasteiger partial charge in [0.15, 0.2) is 5.21 Å². The van der Waals surface area contributed by atoms with Gasteiger partial charge >= 0.3 is 5.82 Å². The van der Waals surface area contributed by atoms with Crippen molar-refractivity contribution in [3.63, 3.8) is 0 Å². The van der Waals surface area contributed by atoms with Gasteiger partial charge < -0.3 is 5.21 Å². The van der Waals surface area contributed by atoms with Crippen molar-refractivity contribution in [1.29, 1.82) is 0 Å². The summed E-state index contributed by atoms with van der Waals surface area (Å²) in [6, 6.07) is 9.33. The van der Waals surface area contributed by atoms with Crippen LogP contribution in [0.5, 0.6) is 0 Å². The van der Waals surface area contributed by atoms with Crippen molar-refractivity contribution in [3.05, 3.63) is 35.5 Å². The van der Waals surface area contributed by atoms with Gasteiger partial charge in [-0.25, -0.2) is 0 Å². The van der Waals surface area contributed by atoms with Gasteiger partial charge in [0.05, 0.1) is 5.10 Å². The molecule has 1 N–H and O–H groups in total. The summed E-state index contributed by atoms with van der Waals surface area (Å²) in [5.41, 5.74) is 0.847. The lowest BCUT2D eigenvalue weighted by Gasteiger charge is -1.88. The highest BCUT2D eigenvalue weighted by molar-refractivity contribution is 5.52. The number of hydrogen-bond donors (Lipinski definition) is 1. The molecule has 0 aliphatic heterocycles. The number of nitrogens with one attached hydrogen (secondary N) is 1. The summed E-state index contributed by atoms with van der Waals surface area (Å²) in [4.78, 5) is 0.322. The Morgan fingerprint density at radius 2 is 2.00 bits per heavy atom. The second-order valence-electron chi connectivity index (χ2n) is 2.29. The molecule has 0 aliphatic carbocycles. The Morgan fingerprint density at radius 3 is 2.58 bits per heavy atom. The molecule has 5 heteroatoms. The van der Waals surface area contributed by atoms with Crippen LogP contribution in [0.25, 0.3) is 11.4 Å². The summed E-state index contributed by atoms with van der Waals surface area (Å²) in [6.45, 7) is 0. The molecule has 2 aromatic rings. The smallest absolute Gasteiger partial charge is 0.313 e. The third-order valence-corrected chi connectivity index (χ3v) is 1.47. The van der Waals surface area contributed by atoms with E-state index in [1.807, 2.05) is 30.3 Å². The predicted molar refractivity (Wildman–Crippen MR) is 40.8 cm³/mol. The van der Waals surface area contributed by atoms with Crippen LogP contribution in [0.4, 0.5) is 0 Å². The fourth-order valence-electron chi connectivity index (χ4n) is 0.939. The summed E-state index contributed by atoms with van der Waals surface area (Å²) in [6.07, 6.45) is 0. The molecule has 5 nitrogen and oxygen atoms in total. The summed E-state index contributed by atoms with van der Waals surface area (Å²) in [7, 11) is 0. The maximum atomic E-state index is 10.6. The molecule has 0 unspecified atom stereocenters. The van der Waals surface area contributed by atoms with Crippen molar-refractivity contribution < 1.29 is 4.96 Å². The van der Waals surface area contributed by atoms with Crippen molar-refractivity contribution in [3.8, 4) is 11.4 Å². The van der Waals surface area contributed by atoms with Crippen molar-refractivity contribution in [2.75, 3.05) is 0 Å². The van der Waals surface area contributed by atoms with Crippen molar-refractivity contribution >= 4 is 0 Å². The van der Waals surface area contributed by atoms with Crippen molar-refractivity contribution in [2.24, 2.45) is 0 Å². The molecule has 0 fully saturated rings. The molecule has 0 bridgehead atoms. The molecule has 1 heterocycles. The minimum absolute atomic E-state index is 0.322. The molecule has 60 valence electrons. The molecule has 0 aliphatic rings. The molecule has 0 atom stereocenters. The molecular weight excluding hydrogens is 156 g/mol. The van der Waals surface area contributed by atoms with Gasteiger partial charge in [0, 0.05) is 5.56 Å². The topological polar surface area (TPSA) is 68.5 Å². The molecule has 0 radical (unpaired) electrons. The van der Waals surface area contributed by atoms with Gasteiger partial charge in [0.2, 0.25) is 0 Å². The average Bonchev–Trinajstić information content (AvgIpc) is 2.54. The number of aromatic nitrogens is 4. The zero-order valence-electron chi connectivity index (χ0n) is 6.14. The Bertz CT molecular complexity index is 370. The highest BCUT2D eigenvalue weighted by Crippen LogP contribution is 2.09. The van der Waals surface area contributed by atoms with Gasteiger partial charge in [-0.3, -0.25) is 0 Å². The van der Waals surface area contributed by atoms with Gasteiger partial charge in [-0.15, -0.1) is 0 Å². The van der Waals surface area contributed by atoms with Gasteiger partial charge in [-0.05, 0) is 17.1 Å². The lowest BCUT2D eigenvalue weighted by Crippen LogP contribution is -2.31. The minimum atomic E-state index is 0.322. The third-order valence-electron chi connectivity index (χ3n) is 1.47. The Morgan fingerprint density at radius 1 is 1.25 bits per heavy atom. The second kappa shape index (κ2) is 2.61. The number of hydrogen-bond acceptors (Lipinski definition) is 3. The van der Waals surface area contributed by atoms with Crippen LogP contribution < -0.4 is 4.96 Å². The van der Waals surface area contributed by atoms with Gasteiger partial charge in [-0.1, -0.05) is 18.2 Å². The van der Waals surface area contributed by atoms with Crippen molar-refractivity contribution in [2.45, 2.75) is 0 Å². The molecule has 2 rings (SSSR count). The first-order valence-electron chi connectivity index (χ1n) is 3.44. The number of H-pyrrole nitrogens is 1. The Labute approximate surface area is 68.2 Å². The predicted octanol–water partition coefficient (Wildman–Crippen LogP) is 0.105. The third kappa shape index (κ3) is 1.12. The maximum Gasteiger partial charge on any atom is 0.313 e. The van der Waals surface area contributed by atoms with Crippen LogP contribution in [0.15, 0.2) is 30.3 Å². The average molecular weight is 162 g/mol. The lowest BCUT2D eigenvalue weighted by atomic mass is 10.2. The van der Waals surface area contributed by atoms with Crippen LogP contribution in [-0.4, -0.2) is 15.4 Å². The number of tetrazole rings is 1. The molecule has 12 heavy (non-hydrogen) atoms. The van der Waals surface area contributed by atoms with Crippen LogP contribution >= 0.6 is 0 Å². The zero-order chi connectivity index (χ0) is 8.39. The highest BCUT2D eigenvalue weighted by atomic mass is 16.5. The minimum Gasteiger partial charge on any atom is -0.672 e. The van der Waals surface area contributed by atoms with E-state index in [2.05, 4.69) is 15.4 Å². The van der Waals surface area contributed by atoms with Gasteiger partial charge in [-0.2, -0.15) is 5.10 Å². The molecule has 0 spiro atoms. The Balaban J connectivity index is 2.45. The fraction of sp³-hybridized carbons (Fsp3) is 0. The van der Waals surface area contributed by atoms with Crippen molar-refractivity contribution in [1.82, 2.24) is 15.4 Å². The standard InChI is InChI=1S/C7H6N4O/c12-11-9-7(8-10-11)6-4-2-1-3-5-6/h1-5H,(H,8,9,10). The van der Waals surface area contributed by atoms with E-state index in [-0.39, 0.29) is 0 Å². The fourth-order valence-corrected chi connectivity index (χ4v) is 0.939. The number of benzene rings is 1. The Kier molecular flexibility index (Phi) is 1.48. The Hall–Kier alpha value is -1.91. The van der Waals surface area contributed by atoms with E-state index < -0.39 is 0 Å². The largest absolute Gasteiger partial charge is 0.672 e. The van der Waals surface area contributed by atoms with E-state index in [0.717, 1.165) is 5.56 Å². The van der Waals surface area contributed by atoms with Crippen LogP contribution in [0.2, 0.25) is 0 Å². The summed E-state index contributed by atoms with van der Waals surface area (Å²) < 4.78 is 0. The second-order valence-corrected chi connectivity index (χ2v) is 2.29. The highest BCUT2D eigenvalue weighted by Gasteiger charge is 2.07. The molecule has 1 aromatic heterocycles. The normalized spacial score (nSPS) is 10.0. The maximum absolute atomic E-state index is 10.6. The first-order chi connectivity index (χ1) is 5.86. The van der Waals surface area contributed by atoms with Crippen LogP contribution in [0, 0.1) is 5.21 Å². The van der Waals surface area contributed by atoms with E-state index >= 15 is 0 Å². The first kappa shape index (κ1) is 6.78. The van der Waals surface area contributed by atoms with Gasteiger partial charge in [0.25, 0.3) is 0 Å². The molecule has 1 aromatic carbocycles. The van der Waals surface area contributed by atoms with Crippen LogP contribution in [0.3, 0.4) is 0 Å².